The molecule has 22 heavy (non-hydrogen) atoms. The Labute approximate surface area is 130 Å². The summed E-state index contributed by atoms with van der Waals surface area (Å²) in [4.78, 5) is 19.0. The summed E-state index contributed by atoms with van der Waals surface area (Å²) in [6.07, 6.45) is 0. The zero-order valence-electron chi connectivity index (χ0n) is 12.6. The molecule has 1 amide bonds. The van der Waals surface area contributed by atoms with E-state index in [1.165, 1.54) is 0 Å². The van der Waals surface area contributed by atoms with Gasteiger partial charge in [0.25, 0.3) is 5.91 Å². The minimum Gasteiger partial charge on any atom is -0.333 e. The molecule has 0 bridgehead atoms. The molecule has 0 unspecified atom stereocenters. The molecule has 0 N–H and O–H groups in total. The molecule has 0 atom stereocenters. The normalized spacial score (nSPS) is 10.6. The number of carbonyl (C=O) groups is 1. The summed E-state index contributed by atoms with van der Waals surface area (Å²) in [7, 11) is 0. The maximum Gasteiger partial charge on any atom is 0.272 e. The summed E-state index contributed by atoms with van der Waals surface area (Å²) in [5.41, 5.74) is 2.47. The molecule has 3 nitrogen and oxygen atoms in total. The number of nitrogens with zero attached hydrogens (tertiary/aromatic N) is 2. The van der Waals surface area contributed by atoms with Crippen molar-refractivity contribution in [2.24, 2.45) is 0 Å². The Bertz CT molecular complexity index is 784. The lowest BCUT2D eigenvalue weighted by molar-refractivity contribution is 0.0747. The van der Waals surface area contributed by atoms with Gasteiger partial charge in [0.1, 0.15) is 5.69 Å². The predicted molar refractivity (Wildman–Crippen MR) is 88.6 cm³/mol. The highest BCUT2D eigenvalue weighted by atomic mass is 16.2. The van der Waals surface area contributed by atoms with Gasteiger partial charge in [0.15, 0.2) is 0 Å². The topological polar surface area (TPSA) is 33.2 Å². The van der Waals surface area contributed by atoms with Crippen LogP contribution in [0, 0.1) is 0 Å². The van der Waals surface area contributed by atoms with Crippen LogP contribution in [0.1, 0.15) is 23.0 Å². The van der Waals surface area contributed by atoms with Crippen molar-refractivity contribution in [3.05, 3.63) is 78.0 Å². The summed E-state index contributed by atoms with van der Waals surface area (Å²) < 4.78 is 0. The standard InChI is InChI=1S/C19H18N2O/c1-2-21(14-15-8-4-3-5-9-15)19(22)18-13-12-16-10-6-7-11-17(16)20-18/h3-13H,2,14H2,1H3. The van der Waals surface area contributed by atoms with Crippen molar-refractivity contribution < 1.29 is 4.79 Å². The molecule has 0 spiro atoms. The van der Waals surface area contributed by atoms with E-state index in [1.807, 2.05) is 72.5 Å². The fraction of sp³-hybridized carbons (Fsp3) is 0.158. The highest BCUT2D eigenvalue weighted by Crippen LogP contribution is 2.14. The van der Waals surface area contributed by atoms with Crippen LogP contribution in [0.15, 0.2) is 66.7 Å². The molecule has 3 rings (SSSR count). The van der Waals surface area contributed by atoms with E-state index in [1.54, 1.807) is 6.07 Å². The fourth-order valence-corrected chi connectivity index (χ4v) is 2.48. The van der Waals surface area contributed by atoms with Crippen LogP contribution in [0.5, 0.6) is 0 Å². The van der Waals surface area contributed by atoms with E-state index in [-0.39, 0.29) is 5.91 Å². The first-order valence-corrected chi connectivity index (χ1v) is 7.47. The average Bonchev–Trinajstić information content (AvgIpc) is 2.59. The number of benzene rings is 2. The number of rotatable bonds is 4. The van der Waals surface area contributed by atoms with Crippen LogP contribution in [-0.4, -0.2) is 22.3 Å². The molecular formula is C19H18N2O. The Morgan fingerprint density at radius 1 is 0.955 bits per heavy atom. The second-order valence-corrected chi connectivity index (χ2v) is 5.19. The molecule has 0 fully saturated rings. The molecule has 1 aromatic heterocycles. The third-order valence-corrected chi connectivity index (χ3v) is 3.70. The number of aromatic nitrogens is 1. The van der Waals surface area contributed by atoms with Crippen LogP contribution >= 0.6 is 0 Å². The minimum absolute atomic E-state index is 0.0305. The lowest BCUT2D eigenvalue weighted by Crippen LogP contribution is -2.30. The molecule has 110 valence electrons. The maximum absolute atomic E-state index is 12.7. The van der Waals surface area contributed by atoms with E-state index in [9.17, 15) is 4.79 Å². The van der Waals surface area contributed by atoms with E-state index in [0.29, 0.717) is 18.8 Å². The van der Waals surface area contributed by atoms with E-state index in [4.69, 9.17) is 0 Å². The number of para-hydroxylation sites is 1. The summed E-state index contributed by atoms with van der Waals surface area (Å²) in [6, 6.07) is 21.6. The van der Waals surface area contributed by atoms with Gasteiger partial charge in [0.2, 0.25) is 0 Å². The number of carbonyl (C=O) groups excluding carboxylic acids is 1. The molecule has 0 aliphatic heterocycles. The SMILES string of the molecule is CCN(Cc1ccccc1)C(=O)c1ccc2ccccc2n1. The molecule has 2 aromatic carbocycles. The van der Waals surface area contributed by atoms with Crippen LogP contribution in [0.2, 0.25) is 0 Å². The number of hydrogen-bond acceptors (Lipinski definition) is 2. The van der Waals surface area contributed by atoms with Gasteiger partial charge in [-0.15, -0.1) is 0 Å². The highest BCUT2D eigenvalue weighted by Gasteiger charge is 2.16. The van der Waals surface area contributed by atoms with Crippen LogP contribution in [-0.2, 0) is 6.54 Å². The predicted octanol–water partition coefficient (Wildman–Crippen LogP) is 3.90. The number of pyridine rings is 1. The fourth-order valence-electron chi connectivity index (χ4n) is 2.48. The molecule has 1 heterocycles. The van der Waals surface area contributed by atoms with Crippen molar-refractivity contribution in [2.75, 3.05) is 6.54 Å². The van der Waals surface area contributed by atoms with E-state index < -0.39 is 0 Å². The number of hydrogen-bond donors (Lipinski definition) is 0. The summed E-state index contributed by atoms with van der Waals surface area (Å²) in [5, 5.41) is 1.05. The lowest BCUT2D eigenvalue weighted by atomic mass is 10.1. The molecule has 0 saturated carbocycles. The third kappa shape index (κ3) is 2.98. The van der Waals surface area contributed by atoms with Crippen LogP contribution in [0.25, 0.3) is 10.9 Å². The molecule has 0 saturated heterocycles. The average molecular weight is 290 g/mol. The number of amides is 1. The Hall–Kier alpha value is -2.68. The zero-order valence-corrected chi connectivity index (χ0v) is 12.6. The molecular weight excluding hydrogens is 272 g/mol. The van der Waals surface area contributed by atoms with Crippen molar-refractivity contribution >= 4 is 16.8 Å². The Morgan fingerprint density at radius 3 is 2.45 bits per heavy atom. The molecule has 0 aliphatic carbocycles. The van der Waals surface area contributed by atoms with Crippen LogP contribution in [0.3, 0.4) is 0 Å². The van der Waals surface area contributed by atoms with Crippen molar-refractivity contribution in [1.29, 1.82) is 0 Å². The van der Waals surface area contributed by atoms with Gasteiger partial charge in [0, 0.05) is 18.5 Å². The molecule has 0 radical (unpaired) electrons. The van der Waals surface area contributed by atoms with Crippen LogP contribution in [0.4, 0.5) is 0 Å². The Kier molecular flexibility index (Phi) is 4.15. The van der Waals surface area contributed by atoms with Crippen LogP contribution < -0.4 is 0 Å². The summed E-state index contributed by atoms with van der Waals surface area (Å²) in [5.74, 6) is -0.0305. The third-order valence-electron chi connectivity index (χ3n) is 3.70. The van der Waals surface area contributed by atoms with Crippen molar-refractivity contribution in [3.63, 3.8) is 0 Å². The quantitative estimate of drug-likeness (QED) is 0.730. The monoisotopic (exact) mass is 290 g/mol. The van der Waals surface area contributed by atoms with E-state index >= 15 is 0 Å². The molecule has 0 aliphatic rings. The number of fused-ring (bicyclic) bond motifs is 1. The first kappa shape index (κ1) is 14.3. The first-order chi connectivity index (χ1) is 10.8. The van der Waals surface area contributed by atoms with E-state index in [0.717, 1.165) is 16.5 Å². The van der Waals surface area contributed by atoms with Crippen molar-refractivity contribution in [1.82, 2.24) is 9.88 Å². The summed E-state index contributed by atoms with van der Waals surface area (Å²) >= 11 is 0. The molecule has 3 aromatic rings. The van der Waals surface area contributed by atoms with Gasteiger partial charge in [-0.3, -0.25) is 4.79 Å². The lowest BCUT2D eigenvalue weighted by Gasteiger charge is -2.20. The second-order valence-electron chi connectivity index (χ2n) is 5.19. The Morgan fingerprint density at radius 2 is 1.68 bits per heavy atom. The Balaban J connectivity index is 1.86. The van der Waals surface area contributed by atoms with Gasteiger partial charge >= 0.3 is 0 Å². The molecule has 3 heteroatoms. The van der Waals surface area contributed by atoms with E-state index in [2.05, 4.69) is 4.98 Å². The van der Waals surface area contributed by atoms with Gasteiger partial charge in [-0.05, 0) is 24.6 Å². The minimum atomic E-state index is -0.0305. The van der Waals surface area contributed by atoms with Gasteiger partial charge in [0.05, 0.1) is 5.52 Å². The van der Waals surface area contributed by atoms with Gasteiger partial charge < -0.3 is 4.90 Å². The van der Waals surface area contributed by atoms with Gasteiger partial charge in [-0.2, -0.15) is 0 Å². The van der Waals surface area contributed by atoms with Gasteiger partial charge in [-0.1, -0.05) is 54.6 Å². The first-order valence-electron chi connectivity index (χ1n) is 7.47. The second kappa shape index (κ2) is 6.39. The van der Waals surface area contributed by atoms with Crippen molar-refractivity contribution in [2.45, 2.75) is 13.5 Å². The smallest absolute Gasteiger partial charge is 0.272 e. The highest BCUT2D eigenvalue weighted by molar-refractivity contribution is 5.94. The zero-order chi connectivity index (χ0) is 15.4. The summed E-state index contributed by atoms with van der Waals surface area (Å²) in [6.45, 7) is 3.24. The maximum atomic E-state index is 12.7. The largest absolute Gasteiger partial charge is 0.333 e. The van der Waals surface area contributed by atoms with Crippen molar-refractivity contribution in [3.8, 4) is 0 Å². The van der Waals surface area contributed by atoms with Gasteiger partial charge in [-0.25, -0.2) is 4.98 Å².